The minimum Gasteiger partial charge on any atom is -0.466 e. The second-order valence-corrected chi connectivity index (χ2v) is 8.51. The van der Waals surface area contributed by atoms with Gasteiger partial charge in [0, 0.05) is 18.2 Å². The lowest BCUT2D eigenvalue weighted by Crippen LogP contribution is -2.42. The highest BCUT2D eigenvalue weighted by Gasteiger charge is 2.24. The zero-order valence-electron chi connectivity index (χ0n) is 21.1. The lowest BCUT2D eigenvalue weighted by atomic mass is 10.0. The summed E-state index contributed by atoms with van der Waals surface area (Å²) >= 11 is 0. The number of anilines is 1. The molecule has 0 aliphatic carbocycles. The van der Waals surface area contributed by atoms with Crippen molar-refractivity contribution in [3.05, 3.63) is 57.5 Å². The van der Waals surface area contributed by atoms with E-state index in [0.717, 1.165) is 36.8 Å². The van der Waals surface area contributed by atoms with E-state index in [4.69, 9.17) is 15.2 Å². The van der Waals surface area contributed by atoms with Gasteiger partial charge in [-0.2, -0.15) is 4.98 Å². The molecule has 198 valence electrons. The van der Waals surface area contributed by atoms with Gasteiger partial charge in [-0.05, 0) is 69.2 Å². The maximum atomic E-state index is 12.7. The number of nitrogen functional groups attached to an aromatic ring is 1. The number of benzene rings is 1. The molecule has 1 atom stereocenters. The van der Waals surface area contributed by atoms with Crippen LogP contribution in [0.15, 0.2) is 35.3 Å². The minimum absolute atomic E-state index is 0.00591. The molecule has 37 heavy (non-hydrogen) atoms. The topological polar surface area (TPSA) is 169 Å². The number of carbonyl (C=O) groups is 3. The molecule has 0 aliphatic rings. The van der Waals surface area contributed by atoms with Gasteiger partial charge >= 0.3 is 11.9 Å². The molecule has 0 aliphatic heterocycles. The van der Waals surface area contributed by atoms with Gasteiger partial charge in [-0.25, -0.2) is 4.79 Å². The first-order valence-electron chi connectivity index (χ1n) is 12.4. The number of hydrogen-bond donors (Lipinski definition) is 4. The number of nitrogens with two attached hydrogens (primary N) is 1. The van der Waals surface area contributed by atoms with Crippen molar-refractivity contribution in [1.82, 2.24) is 20.3 Å². The number of fused-ring (bicyclic) bond motifs is 1. The van der Waals surface area contributed by atoms with Gasteiger partial charge in [-0.3, -0.25) is 19.4 Å². The fraction of sp³-hybridized carbons (Fsp3) is 0.423. The van der Waals surface area contributed by atoms with Crippen molar-refractivity contribution in [2.24, 2.45) is 0 Å². The van der Waals surface area contributed by atoms with Crippen LogP contribution < -0.4 is 16.6 Å². The van der Waals surface area contributed by atoms with E-state index in [1.807, 2.05) is 12.1 Å². The van der Waals surface area contributed by atoms with E-state index in [9.17, 15) is 19.2 Å². The summed E-state index contributed by atoms with van der Waals surface area (Å²) in [6, 6.07) is 6.20. The van der Waals surface area contributed by atoms with E-state index in [1.165, 1.54) is 0 Å². The summed E-state index contributed by atoms with van der Waals surface area (Å²) in [5.41, 5.74) is 8.18. The average Bonchev–Trinajstić information content (AvgIpc) is 3.28. The quantitative estimate of drug-likeness (QED) is 0.200. The van der Waals surface area contributed by atoms with E-state index < -0.39 is 23.9 Å². The molecule has 0 radical (unpaired) electrons. The number of nitrogens with zero attached hydrogens (tertiary/aromatic N) is 1. The lowest BCUT2D eigenvalue weighted by molar-refractivity contribution is -0.146. The van der Waals surface area contributed by atoms with Gasteiger partial charge in [0.1, 0.15) is 11.7 Å². The molecule has 2 aromatic heterocycles. The van der Waals surface area contributed by atoms with Crippen LogP contribution in [0.25, 0.3) is 11.0 Å². The monoisotopic (exact) mass is 511 g/mol. The number of rotatable bonds is 13. The molecule has 5 N–H and O–H groups in total. The van der Waals surface area contributed by atoms with Gasteiger partial charge in [-0.1, -0.05) is 12.1 Å². The smallest absolute Gasteiger partial charge is 0.328 e. The van der Waals surface area contributed by atoms with Gasteiger partial charge in [0.2, 0.25) is 5.95 Å². The Morgan fingerprint density at radius 1 is 1.05 bits per heavy atom. The van der Waals surface area contributed by atoms with Gasteiger partial charge in [0.05, 0.1) is 18.6 Å². The molecule has 0 saturated heterocycles. The molecular weight excluding hydrogens is 478 g/mol. The number of ether oxygens (including phenoxy) is 2. The third-order valence-electron chi connectivity index (χ3n) is 5.84. The average molecular weight is 512 g/mol. The van der Waals surface area contributed by atoms with Crippen molar-refractivity contribution >= 4 is 34.8 Å². The Morgan fingerprint density at radius 2 is 1.76 bits per heavy atom. The van der Waals surface area contributed by atoms with E-state index in [2.05, 4.69) is 20.3 Å². The van der Waals surface area contributed by atoms with Crippen molar-refractivity contribution in [1.29, 1.82) is 0 Å². The summed E-state index contributed by atoms with van der Waals surface area (Å²) in [4.78, 5) is 58.4. The van der Waals surface area contributed by atoms with Crippen LogP contribution in [-0.4, -0.2) is 52.1 Å². The number of aromatic nitrogens is 3. The molecular formula is C26H33N5O6. The second-order valence-electron chi connectivity index (χ2n) is 8.51. The molecule has 1 amide bonds. The maximum absolute atomic E-state index is 12.7. The normalized spacial score (nSPS) is 11.7. The maximum Gasteiger partial charge on any atom is 0.328 e. The molecule has 1 aromatic carbocycles. The van der Waals surface area contributed by atoms with Gasteiger partial charge in [0.15, 0.2) is 0 Å². The summed E-state index contributed by atoms with van der Waals surface area (Å²) in [6.45, 7) is 3.79. The number of esters is 2. The molecule has 0 spiro atoms. The molecule has 3 aromatic rings. The van der Waals surface area contributed by atoms with Crippen molar-refractivity contribution in [2.75, 3.05) is 18.9 Å². The summed E-state index contributed by atoms with van der Waals surface area (Å²) in [5, 5.41) is 3.20. The summed E-state index contributed by atoms with van der Waals surface area (Å²) in [5.74, 6) is -1.37. The van der Waals surface area contributed by atoms with E-state index in [0.29, 0.717) is 16.6 Å². The van der Waals surface area contributed by atoms with Crippen molar-refractivity contribution in [3.8, 4) is 0 Å². The minimum atomic E-state index is -0.945. The first-order valence-corrected chi connectivity index (χ1v) is 12.4. The molecule has 11 heteroatoms. The first kappa shape index (κ1) is 27.4. The Balaban J connectivity index is 1.51. The second kappa shape index (κ2) is 13.2. The highest BCUT2D eigenvalue weighted by Crippen LogP contribution is 2.16. The fourth-order valence-electron chi connectivity index (χ4n) is 4.01. The summed E-state index contributed by atoms with van der Waals surface area (Å²) in [7, 11) is 0. The molecule has 3 rings (SSSR count). The first-order chi connectivity index (χ1) is 17.8. The van der Waals surface area contributed by atoms with E-state index in [1.54, 1.807) is 32.2 Å². The molecule has 2 heterocycles. The van der Waals surface area contributed by atoms with Crippen molar-refractivity contribution in [2.45, 2.75) is 58.4 Å². The molecule has 11 nitrogen and oxygen atoms in total. The molecule has 0 saturated carbocycles. The van der Waals surface area contributed by atoms with Crippen LogP contribution >= 0.6 is 0 Å². The number of nitrogens with one attached hydrogen (secondary N) is 3. The van der Waals surface area contributed by atoms with Crippen LogP contribution in [-0.2, 0) is 31.9 Å². The van der Waals surface area contributed by atoms with E-state index >= 15 is 0 Å². The number of aryl methyl sites for hydroxylation is 2. The number of aromatic amines is 2. The Bertz CT molecular complexity index is 1280. The number of unbranched alkanes of at least 4 members (excludes halogenated alkanes) is 1. The van der Waals surface area contributed by atoms with Crippen molar-refractivity contribution < 1.29 is 23.9 Å². The SMILES string of the molecule is CCOC(=O)CC[C@H](NC(=O)c1ccc(CCCCc2c[nH]c3nc(N)[nH]c(=O)c23)cc1)C(=O)OCC. The highest BCUT2D eigenvalue weighted by molar-refractivity contribution is 5.96. The van der Waals surface area contributed by atoms with Crippen molar-refractivity contribution in [3.63, 3.8) is 0 Å². The zero-order chi connectivity index (χ0) is 26.8. The van der Waals surface area contributed by atoms with Crippen LogP contribution in [0.4, 0.5) is 5.95 Å². The summed E-state index contributed by atoms with van der Waals surface area (Å²) < 4.78 is 9.93. The molecule has 0 bridgehead atoms. The highest BCUT2D eigenvalue weighted by atomic mass is 16.5. The standard InChI is InChI=1S/C26H33N5O6/c1-3-36-20(32)14-13-19(25(35)37-4-2)29-23(33)17-11-9-16(10-12-17)7-5-6-8-18-15-28-22-21(18)24(34)31-26(27)30-22/h9-12,15,19H,3-8,13-14H2,1-2H3,(H,29,33)(H4,27,28,30,31,34)/t19-/m0/s1. The third kappa shape index (κ3) is 7.66. The van der Waals surface area contributed by atoms with E-state index in [-0.39, 0.29) is 37.6 Å². The predicted octanol–water partition coefficient (Wildman–Crippen LogP) is 2.40. The van der Waals surface area contributed by atoms with Crippen LogP contribution in [0.3, 0.4) is 0 Å². The Morgan fingerprint density at radius 3 is 2.46 bits per heavy atom. The summed E-state index contributed by atoms with van der Waals surface area (Å²) in [6.07, 6.45) is 5.14. The predicted molar refractivity (Wildman–Crippen MR) is 138 cm³/mol. The Kier molecular flexibility index (Phi) is 9.82. The molecule has 0 fully saturated rings. The van der Waals surface area contributed by atoms with Crippen LogP contribution in [0.5, 0.6) is 0 Å². The Hall–Kier alpha value is -4.15. The van der Waals surface area contributed by atoms with Gasteiger partial charge < -0.3 is 25.5 Å². The van der Waals surface area contributed by atoms with Gasteiger partial charge in [-0.15, -0.1) is 0 Å². The lowest BCUT2D eigenvalue weighted by Gasteiger charge is -2.17. The largest absolute Gasteiger partial charge is 0.466 e. The number of carbonyl (C=O) groups excluding carboxylic acids is 3. The third-order valence-corrected chi connectivity index (χ3v) is 5.84. The number of H-pyrrole nitrogens is 2. The van der Waals surface area contributed by atoms with Crippen LogP contribution in [0.2, 0.25) is 0 Å². The van der Waals surface area contributed by atoms with Crippen LogP contribution in [0.1, 0.15) is 61.0 Å². The zero-order valence-corrected chi connectivity index (χ0v) is 21.1. The fourth-order valence-corrected chi connectivity index (χ4v) is 4.01. The van der Waals surface area contributed by atoms with Crippen LogP contribution in [0, 0.1) is 0 Å². The number of amides is 1. The van der Waals surface area contributed by atoms with Gasteiger partial charge in [0.25, 0.3) is 11.5 Å². The Labute approximate surface area is 214 Å². The molecule has 0 unspecified atom stereocenters. The number of hydrogen-bond acceptors (Lipinski definition) is 8.